The molecule has 0 atom stereocenters. The number of rotatable bonds is 8. The third-order valence-electron chi connectivity index (χ3n) is 5.50. The van der Waals surface area contributed by atoms with Gasteiger partial charge in [0.15, 0.2) is 5.65 Å². The summed E-state index contributed by atoms with van der Waals surface area (Å²) in [6, 6.07) is 18.0. The molecule has 0 aliphatic carbocycles. The molecule has 5 rings (SSSR count). The molecule has 192 valence electrons. The van der Waals surface area contributed by atoms with Crippen molar-refractivity contribution < 1.29 is 27.4 Å². The van der Waals surface area contributed by atoms with Gasteiger partial charge in [-0.05, 0) is 59.7 Å². The van der Waals surface area contributed by atoms with Gasteiger partial charge in [0.25, 0.3) is 5.91 Å². The molecular weight excluding hydrogens is 499 g/mol. The van der Waals surface area contributed by atoms with Crippen LogP contribution in [0.3, 0.4) is 0 Å². The van der Waals surface area contributed by atoms with E-state index in [9.17, 15) is 18.0 Å². The van der Waals surface area contributed by atoms with Crippen molar-refractivity contribution in [1.29, 1.82) is 0 Å². The number of fused-ring (bicyclic) bond motifs is 1. The van der Waals surface area contributed by atoms with Gasteiger partial charge in [-0.2, -0.15) is 0 Å². The van der Waals surface area contributed by atoms with Gasteiger partial charge < -0.3 is 14.8 Å². The summed E-state index contributed by atoms with van der Waals surface area (Å²) in [4.78, 5) is 25.4. The molecule has 5 aromatic rings. The monoisotopic (exact) mass is 519 g/mol. The second kappa shape index (κ2) is 10.6. The largest absolute Gasteiger partial charge is 0.573 e. The molecule has 2 aromatic carbocycles. The van der Waals surface area contributed by atoms with Gasteiger partial charge >= 0.3 is 6.36 Å². The molecule has 0 radical (unpaired) electrons. The van der Waals surface area contributed by atoms with Crippen LogP contribution in [0.15, 0.2) is 91.6 Å². The third kappa shape index (κ3) is 6.06. The minimum absolute atomic E-state index is 0.173. The fourth-order valence-corrected chi connectivity index (χ4v) is 3.66. The first kappa shape index (κ1) is 24.8. The number of ether oxygens (including phenoxy) is 2. The number of hydrogen-bond donors (Lipinski definition) is 1. The number of benzene rings is 2. The summed E-state index contributed by atoms with van der Waals surface area (Å²) < 4.78 is 48.3. The molecule has 0 unspecified atom stereocenters. The second-order valence-corrected chi connectivity index (χ2v) is 8.20. The smallest absolute Gasteiger partial charge is 0.489 e. The first-order chi connectivity index (χ1) is 18.3. The Morgan fingerprint density at radius 3 is 2.39 bits per heavy atom. The van der Waals surface area contributed by atoms with E-state index in [0.717, 1.165) is 11.3 Å². The topological polar surface area (TPSA) is 91.2 Å². The van der Waals surface area contributed by atoms with Crippen LogP contribution >= 0.6 is 0 Å². The Morgan fingerprint density at radius 2 is 1.68 bits per heavy atom. The Balaban J connectivity index is 1.21. The van der Waals surface area contributed by atoms with Crippen molar-refractivity contribution in [3.63, 3.8) is 0 Å². The first-order valence-electron chi connectivity index (χ1n) is 11.4. The molecule has 8 nitrogen and oxygen atoms in total. The molecule has 3 aromatic heterocycles. The van der Waals surface area contributed by atoms with Crippen LogP contribution in [0, 0.1) is 0 Å². The number of hydrogen-bond acceptors (Lipinski definition) is 6. The molecule has 1 N–H and O–H groups in total. The number of carbonyl (C=O) groups excluding carboxylic acids is 1. The lowest BCUT2D eigenvalue weighted by molar-refractivity contribution is -0.274. The molecule has 0 aliphatic rings. The van der Waals surface area contributed by atoms with E-state index in [2.05, 4.69) is 25.0 Å². The first-order valence-corrected chi connectivity index (χ1v) is 11.4. The summed E-state index contributed by atoms with van der Waals surface area (Å²) in [5, 5.41) is 2.84. The summed E-state index contributed by atoms with van der Waals surface area (Å²) in [5.41, 5.74) is 3.91. The number of pyridine rings is 2. The highest BCUT2D eigenvalue weighted by Crippen LogP contribution is 2.24. The maximum Gasteiger partial charge on any atom is 0.573 e. The fraction of sp³-hybridized carbons (Fsp3) is 0.111. The summed E-state index contributed by atoms with van der Waals surface area (Å²) in [7, 11) is 0. The van der Waals surface area contributed by atoms with Crippen LogP contribution in [-0.4, -0.2) is 31.8 Å². The predicted molar refractivity (Wildman–Crippen MR) is 132 cm³/mol. The average Bonchev–Trinajstić information content (AvgIpc) is 3.35. The maximum atomic E-state index is 12.5. The van der Waals surface area contributed by atoms with Crippen LogP contribution < -0.4 is 14.8 Å². The molecule has 3 heterocycles. The molecule has 0 bridgehead atoms. The minimum atomic E-state index is -4.73. The normalized spacial score (nSPS) is 11.3. The zero-order chi connectivity index (χ0) is 26.5. The molecule has 38 heavy (non-hydrogen) atoms. The number of nitrogens with zero attached hydrogens (tertiary/aromatic N) is 4. The quantitative estimate of drug-likeness (QED) is 0.302. The van der Waals surface area contributed by atoms with Crippen molar-refractivity contribution in [3.05, 3.63) is 108 Å². The van der Waals surface area contributed by atoms with E-state index in [4.69, 9.17) is 4.74 Å². The van der Waals surface area contributed by atoms with E-state index >= 15 is 0 Å². The molecule has 0 saturated heterocycles. The van der Waals surface area contributed by atoms with Crippen LogP contribution in [-0.2, 0) is 13.2 Å². The number of amides is 1. The molecule has 0 aliphatic heterocycles. The second-order valence-electron chi connectivity index (χ2n) is 8.20. The number of halogens is 3. The lowest BCUT2D eigenvalue weighted by atomic mass is 10.2. The Hall–Kier alpha value is -4.93. The molecular formula is C27H20F3N5O3. The Labute approximate surface area is 214 Å². The number of alkyl halides is 3. The summed E-state index contributed by atoms with van der Waals surface area (Å²) in [6.45, 7) is 0.526. The molecule has 0 spiro atoms. The standard InChI is InChI=1S/C27H20F3N5O3/c28-27(29,30)38-23-7-3-18(4-8-23)16-37-22-9-5-21(6-10-22)35-17-34-24-12-20(15-32-25(24)35)26(36)33-14-19-2-1-11-31-13-19/h1-13,15,17H,14,16H2,(H,33,36). The van der Waals surface area contributed by atoms with E-state index in [0.29, 0.717) is 34.6 Å². The Bertz CT molecular complexity index is 1540. The van der Waals surface area contributed by atoms with Gasteiger partial charge in [-0.1, -0.05) is 18.2 Å². The summed E-state index contributed by atoms with van der Waals surface area (Å²) in [6.07, 6.45) is 1.75. The van der Waals surface area contributed by atoms with Gasteiger partial charge in [0.2, 0.25) is 0 Å². The Morgan fingerprint density at radius 1 is 0.921 bits per heavy atom. The highest BCUT2D eigenvalue weighted by Gasteiger charge is 2.30. The summed E-state index contributed by atoms with van der Waals surface area (Å²) >= 11 is 0. The van der Waals surface area contributed by atoms with E-state index in [1.807, 2.05) is 18.2 Å². The van der Waals surface area contributed by atoms with Crippen LogP contribution in [0.2, 0.25) is 0 Å². The highest BCUT2D eigenvalue weighted by molar-refractivity contribution is 5.96. The van der Waals surface area contributed by atoms with E-state index in [-0.39, 0.29) is 18.3 Å². The average molecular weight is 519 g/mol. The van der Waals surface area contributed by atoms with Crippen molar-refractivity contribution >= 4 is 17.1 Å². The van der Waals surface area contributed by atoms with Gasteiger partial charge in [0, 0.05) is 30.8 Å². The number of aromatic nitrogens is 4. The third-order valence-corrected chi connectivity index (χ3v) is 5.50. The molecule has 11 heteroatoms. The number of carbonyl (C=O) groups is 1. The highest BCUT2D eigenvalue weighted by atomic mass is 19.4. The predicted octanol–water partition coefficient (Wildman–Crippen LogP) is 5.22. The van der Waals surface area contributed by atoms with Gasteiger partial charge in [0.1, 0.15) is 29.9 Å². The molecule has 1 amide bonds. The van der Waals surface area contributed by atoms with Gasteiger partial charge in [0.05, 0.1) is 5.56 Å². The van der Waals surface area contributed by atoms with Crippen LogP contribution in [0.25, 0.3) is 16.9 Å². The van der Waals surface area contributed by atoms with Crippen molar-refractivity contribution in [3.8, 4) is 17.2 Å². The Kier molecular flexibility index (Phi) is 6.90. The lowest BCUT2D eigenvalue weighted by Gasteiger charge is -2.10. The van der Waals surface area contributed by atoms with Crippen LogP contribution in [0.4, 0.5) is 13.2 Å². The van der Waals surface area contributed by atoms with Crippen molar-refractivity contribution in [1.82, 2.24) is 24.8 Å². The number of imidazole rings is 1. The zero-order valence-electron chi connectivity index (χ0n) is 19.7. The summed E-state index contributed by atoms with van der Waals surface area (Å²) in [5.74, 6) is 0.0281. The molecule has 0 saturated carbocycles. The van der Waals surface area contributed by atoms with Gasteiger partial charge in [-0.3, -0.25) is 14.3 Å². The fourth-order valence-electron chi connectivity index (χ4n) is 3.66. The minimum Gasteiger partial charge on any atom is -0.489 e. The van der Waals surface area contributed by atoms with Crippen molar-refractivity contribution in [2.24, 2.45) is 0 Å². The van der Waals surface area contributed by atoms with Crippen LogP contribution in [0.5, 0.6) is 11.5 Å². The lowest BCUT2D eigenvalue weighted by Crippen LogP contribution is -2.23. The van der Waals surface area contributed by atoms with Crippen LogP contribution in [0.1, 0.15) is 21.5 Å². The maximum absolute atomic E-state index is 12.5. The number of nitrogens with one attached hydrogen (secondary N) is 1. The zero-order valence-corrected chi connectivity index (χ0v) is 19.7. The van der Waals surface area contributed by atoms with E-state index in [1.54, 1.807) is 47.6 Å². The van der Waals surface area contributed by atoms with Crippen molar-refractivity contribution in [2.45, 2.75) is 19.5 Å². The van der Waals surface area contributed by atoms with Gasteiger partial charge in [-0.15, -0.1) is 13.2 Å². The van der Waals surface area contributed by atoms with E-state index in [1.165, 1.54) is 30.5 Å². The van der Waals surface area contributed by atoms with Gasteiger partial charge in [-0.25, -0.2) is 9.97 Å². The molecule has 0 fully saturated rings. The van der Waals surface area contributed by atoms with Crippen molar-refractivity contribution in [2.75, 3.05) is 0 Å². The SMILES string of the molecule is O=C(NCc1cccnc1)c1cnc2c(c1)ncn2-c1ccc(OCc2ccc(OC(F)(F)F)cc2)cc1. The van der Waals surface area contributed by atoms with E-state index < -0.39 is 6.36 Å².